The zero-order chi connectivity index (χ0) is 16.0. The average molecular weight is 366 g/mol. The number of nitrogens with two attached hydrogens (primary N) is 1. The van der Waals surface area contributed by atoms with Crippen molar-refractivity contribution < 1.29 is 19.2 Å². The molecule has 2 aliphatic heterocycles. The third-order valence-electron chi connectivity index (χ3n) is 3.92. The average Bonchev–Trinajstić information content (AvgIpc) is 2.77. The predicted molar refractivity (Wildman–Crippen MR) is 78.7 cm³/mol. The van der Waals surface area contributed by atoms with Gasteiger partial charge in [0.15, 0.2) is 0 Å². The molecule has 3 rings (SSSR count). The fourth-order valence-electron chi connectivity index (χ4n) is 2.86. The number of hydrogen-bond acceptors (Lipinski definition) is 4. The van der Waals surface area contributed by atoms with Crippen LogP contribution in [0.25, 0.3) is 0 Å². The molecule has 1 atom stereocenters. The fourth-order valence-corrected chi connectivity index (χ4v) is 3.40. The van der Waals surface area contributed by atoms with E-state index >= 15 is 0 Å². The van der Waals surface area contributed by atoms with Crippen molar-refractivity contribution in [2.45, 2.75) is 25.4 Å². The Balaban J connectivity index is 1.99. The van der Waals surface area contributed by atoms with Gasteiger partial charge >= 0.3 is 0 Å². The predicted octanol–water partition coefficient (Wildman–Crippen LogP) is 0.309. The van der Waals surface area contributed by atoms with Gasteiger partial charge in [-0.2, -0.15) is 0 Å². The molecule has 4 amide bonds. The summed E-state index contributed by atoms with van der Waals surface area (Å²) < 4.78 is 0.548. The number of halogens is 1. The second-order valence-corrected chi connectivity index (χ2v) is 6.07. The van der Waals surface area contributed by atoms with Crippen molar-refractivity contribution in [3.05, 3.63) is 33.3 Å². The Labute approximate surface area is 134 Å². The van der Waals surface area contributed by atoms with Crippen molar-refractivity contribution in [3.8, 4) is 0 Å². The smallest absolute Gasteiger partial charge is 0.256 e. The molecule has 2 aliphatic rings. The van der Waals surface area contributed by atoms with Crippen LogP contribution in [0.5, 0.6) is 0 Å². The molecule has 8 heteroatoms. The van der Waals surface area contributed by atoms with E-state index in [1.165, 1.54) is 4.90 Å². The Kier molecular flexibility index (Phi) is 3.48. The van der Waals surface area contributed by atoms with Gasteiger partial charge in [-0.1, -0.05) is 0 Å². The molecule has 1 aromatic carbocycles. The van der Waals surface area contributed by atoms with Gasteiger partial charge in [0.25, 0.3) is 5.91 Å². The SMILES string of the molecule is NC(=O)c1ccc(Br)c2c1CN(C1CCC(=O)NC1=O)C2=O. The Morgan fingerprint density at radius 1 is 1.32 bits per heavy atom. The molecule has 0 radical (unpaired) electrons. The van der Waals surface area contributed by atoms with Crippen LogP contribution >= 0.6 is 15.9 Å². The number of hydrogen-bond donors (Lipinski definition) is 2. The van der Waals surface area contributed by atoms with Gasteiger partial charge in [0.2, 0.25) is 17.7 Å². The number of rotatable bonds is 2. The second-order valence-electron chi connectivity index (χ2n) is 5.21. The second kappa shape index (κ2) is 5.20. The van der Waals surface area contributed by atoms with E-state index in [1.54, 1.807) is 12.1 Å². The van der Waals surface area contributed by atoms with E-state index in [2.05, 4.69) is 21.2 Å². The van der Waals surface area contributed by atoms with Crippen molar-refractivity contribution in [1.82, 2.24) is 10.2 Å². The van der Waals surface area contributed by atoms with E-state index in [9.17, 15) is 19.2 Å². The lowest BCUT2D eigenvalue weighted by molar-refractivity contribution is -0.136. The van der Waals surface area contributed by atoms with Crippen LogP contribution in [0.3, 0.4) is 0 Å². The summed E-state index contributed by atoms with van der Waals surface area (Å²) in [6, 6.07) is 2.42. The summed E-state index contributed by atoms with van der Waals surface area (Å²) in [5.74, 6) is -1.81. The minimum atomic E-state index is -0.717. The van der Waals surface area contributed by atoms with Crippen molar-refractivity contribution in [2.75, 3.05) is 0 Å². The number of primary amides is 1. The summed E-state index contributed by atoms with van der Waals surface area (Å²) in [7, 11) is 0. The van der Waals surface area contributed by atoms with Gasteiger partial charge in [-0.15, -0.1) is 0 Å². The lowest BCUT2D eigenvalue weighted by Crippen LogP contribution is -2.52. The highest BCUT2D eigenvalue weighted by atomic mass is 79.9. The lowest BCUT2D eigenvalue weighted by atomic mass is 10.0. The topological polar surface area (TPSA) is 110 Å². The molecule has 1 fully saturated rings. The number of carbonyl (C=O) groups excluding carboxylic acids is 4. The van der Waals surface area contributed by atoms with Crippen LogP contribution < -0.4 is 11.1 Å². The summed E-state index contributed by atoms with van der Waals surface area (Å²) in [4.78, 5) is 48.7. The van der Waals surface area contributed by atoms with E-state index in [0.717, 1.165) is 0 Å². The number of piperidine rings is 1. The Hall–Kier alpha value is -2.22. The van der Waals surface area contributed by atoms with Gasteiger partial charge in [-0.05, 0) is 40.0 Å². The van der Waals surface area contributed by atoms with Gasteiger partial charge < -0.3 is 10.6 Å². The number of fused-ring (bicyclic) bond motifs is 1. The normalized spacial score (nSPS) is 20.9. The number of nitrogens with zero attached hydrogens (tertiary/aromatic N) is 1. The molecule has 0 bridgehead atoms. The monoisotopic (exact) mass is 365 g/mol. The molecule has 1 aromatic rings. The van der Waals surface area contributed by atoms with Crippen molar-refractivity contribution in [3.63, 3.8) is 0 Å². The minimum absolute atomic E-state index is 0.123. The maximum absolute atomic E-state index is 12.6. The number of amides is 4. The fraction of sp³-hybridized carbons (Fsp3) is 0.286. The molecule has 0 aliphatic carbocycles. The van der Waals surface area contributed by atoms with Gasteiger partial charge in [-0.25, -0.2) is 0 Å². The van der Waals surface area contributed by atoms with Crippen molar-refractivity contribution in [1.29, 1.82) is 0 Å². The highest BCUT2D eigenvalue weighted by Gasteiger charge is 2.41. The van der Waals surface area contributed by atoms with Gasteiger partial charge in [0.1, 0.15) is 6.04 Å². The highest BCUT2D eigenvalue weighted by molar-refractivity contribution is 9.10. The van der Waals surface area contributed by atoms with Gasteiger partial charge in [0.05, 0.1) is 5.56 Å². The molecule has 0 spiro atoms. The maximum Gasteiger partial charge on any atom is 0.256 e. The van der Waals surface area contributed by atoms with Gasteiger partial charge in [-0.3, -0.25) is 24.5 Å². The summed E-state index contributed by atoms with van der Waals surface area (Å²) in [6.07, 6.45) is 0.453. The Bertz CT molecular complexity index is 731. The first kappa shape index (κ1) is 14.7. The van der Waals surface area contributed by atoms with Crippen LogP contribution in [-0.4, -0.2) is 34.6 Å². The summed E-state index contributed by atoms with van der Waals surface area (Å²) in [5, 5.41) is 2.23. The molecule has 0 aromatic heterocycles. The molecule has 1 unspecified atom stereocenters. The number of nitrogens with one attached hydrogen (secondary N) is 1. The molecular formula is C14H12BrN3O4. The largest absolute Gasteiger partial charge is 0.366 e. The molecular weight excluding hydrogens is 354 g/mol. The maximum atomic E-state index is 12.6. The lowest BCUT2D eigenvalue weighted by Gasteiger charge is -2.29. The molecule has 1 saturated heterocycles. The minimum Gasteiger partial charge on any atom is -0.366 e. The number of benzene rings is 1. The number of imide groups is 1. The van der Waals surface area contributed by atoms with Crippen LogP contribution in [0, 0.1) is 0 Å². The third kappa shape index (κ3) is 2.19. The van der Waals surface area contributed by atoms with Gasteiger partial charge in [0, 0.05) is 23.0 Å². The first-order valence-corrected chi connectivity index (χ1v) is 7.45. The zero-order valence-corrected chi connectivity index (χ0v) is 13.0. The molecule has 0 saturated carbocycles. The van der Waals surface area contributed by atoms with Crippen LogP contribution in [-0.2, 0) is 16.1 Å². The summed E-state index contributed by atoms with van der Waals surface area (Å²) in [6.45, 7) is 0.123. The van der Waals surface area contributed by atoms with Crippen molar-refractivity contribution >= 4 is 39.6 Å². The quantitative estimate of drug-likeness (QED) is 0.734. The molecule has 7 nitrogen and oxygen atoms in total. The standard InChI is InChI=1S/C14H12BrN3O4/c15-8-2-1-6(12(16)20)7-5-18(14(22)11(7)8)9-3-4-10(19)17-13(9)21/h1-2,9H,3-5H2,(H2,16,20)(H,17,19,21). The molecule has 22 heavy (non-hydrogen) atoms. The van der Waals surface area contributed by atoms with Crippen LogP contribution in [0.4, 0.5) is 0 Å². The summed E-state index contributed by atoms with van der Waals surface area (Å²) in [5.41, 5.74) is 6.47. The molecule has 3 N–H and O–H groups in total. The van der Waals surface area contributed by atoms with Crippen LogP contribution in [0.2, 0.25) is 0 Å². The molecule has 114 valence electrons. The summed E-state index contributed by atoms with van der Waals surface area (Å²) >= 11 is 3.29. The zero-order valence-electron chi connectivity index (χ0n) is 11.4. The highest BCUT2D eigenvalue weighted by Crippen LogP contribution is 2.34. The first-order valence-electron chi connectivity index (χ1n) is 6.66. The van der Waals surface area contributed by atoms with Crippen LogP contribution in [0.15, 0.2) is 16.6 Å². The van der Waals surface area contributed by atoms with E-state index < -0.39 is 17.9 Å². The van der Waals surface area contributed by atoms with E-state index in [1.807, 2.05) is 0 Å². The first-order chi connectivity index (χ1) is 10.4. The number of carbonyl (C=O) groups is 4. The van der Waals surface area contributed by atoms with E-state index in [0.29, 0.717) is 15.6 Å². The third-order valence-corrected chi connectivity index (χ3v) is 4.58. The Morgan fingerprint density at radius 2 is 2.05 bits per heavy atom. The molecule has 2 heterocycles. The van der Waals surface area contributed by atoms with Crippen molar-refractivity contribution in [2.24, 2.45) is 5.73 Å². The van der Waals surface area contributed by atoms with E-state index in [4.69, 9.17) is 5.73 Å². The van der Waals surface area contributed by atoms with E-state index in [-0.39, 0.29) is 36.8 Å². The Morgan fingerprint density at radius 3 is 2.68 bits per heavy atom. The van der Waals surface area contributed by atoms with Crippen LogP contribution in [0.1, 0.15) is 39.1 Å².